The summed E-state index contributed by atoms with van der Waals surface area (Å²) in [5, 5.41) is 13.2. The summed E-state index contributed by atoms with van der Waals surface area (Å²) in [5.41, 5.74) is 3.81. The van der Waals surface area contributed by atoms with Gasteiger partial charge in [-0.1, -0.05) is 0 Å². The van der Waals surface area contributed by atoms with E-state index in [0.29, 0.717) is 23.7 Å². The molecule has 0 saturated heterocycles. The number of aryl methyl sites for hydroxylation is 1. The van der Waals surface area contributed by atoms with Crippen LogP contribution in [0.4, 0.5) is 5.69 Å². The van der Waals surface area contributed by atoms with E-state index in [4.69, 9.17) is 4.74 Å². The van der Waals surface area contributed by atoms with Crippen molar-refractivity contribution < 1.29 is 19.1 Å². The van der Waals surface area contributed by atoms with Crippen molar-refractivity contribution >= 4 is 17.6 Å². The van der Waals surface area contributed by atoms with E-state index in [1.54, 1.807) is 18.2 Å². The van der Waals surface area contributed by atoms with Gasteiger partial charge in [0.15, 0.2) is 12.3 Å². The van der Waals surface area contributed by atoms with E-state index in [1.165, 1.54) is 7.11 Å². The van der Waals surface area contributed by atoms with Crippen LogP contribution in [0.15, 0.2) is 18.2 Å². The predicted octanol–water partition coefficient (Wildman–Crippen LogP) is 1.17. The zero-order valence-corrected chi connectivity index (χ0v) is 14.1. The molecule has 25 heavy (non-hydrogen) atoms. The van der Waals surface area contributed by atoms with Crippen LogP contribution >= 0.6 is 0 Å². The number of aromatic nitrogens is 2. The van der Waals surface area contributed by atoms with Crippen molar-refractivity contribution in [2.24, 2.45) is 0 Å². The van der Waals surface area contributed by atoms with Gasteiger partial charge in [0, 0.05) is 36.5 Å². The molecule has 0 unspecified atom stereocenters. The number of ether oxygens (including phenoxy) is 2. The van der Waals surface area contributed by atoms with E-state index in [9.17, 15) is 9.59 Å². The average Bonchev–Trinajstić information content (AvgIpc) is 3.06. The number of aromatic amines is 1. The Hall–Kier alpha value is -2.87. The van der Waals surface area contributed by atoms with E-state index < -0.39 is 5.97 Å². The van der Waals surface area contributed by atoms with Gasteiger partial charge in [-0.25, -0.2) is 4.79 Å². The third-order valence-corrected chi connectivity index (χ3v) is 4.05. The molecule has 0 aliphatic carbocycles. The molecule has 0 saturated carbocycles. The lowest BCUT2D eigenvalue weighted by molar-refractivity contribution is -0.142. The molecule has 0 radical (unpaired) electrons. The van der Waals surface area contributed by atoms with Gasteiger partial charge in [-0.2, -0.15) is 5.10 Å². The molecule has 1 amide bonds. The largest absolute Gasteiger partial charge is 0.482 e. The van der Waals surface area contributed by atoms with Crippen molar-refractivity contribution in [2.75, 3.05) is 25.6 Å². The topological polar surface area (TPSA) is 105 Å². The quantitative estimate of drug-likeness (QED) is 0.703. The number of anilines is 1. The summed E-state index contributed by atoms with van der Waals surface area (Å²) in [7, 11) is 1.30. The van der Waals surface area contributed by atoms with Crippen LogP contribution in [0.1, 0.15) is 27.3 Å². The molecule has 1 aromatic heterocycles. The molecule has 0 atom stereocenters. The summed E-state index contributed by atoms with van der Waals surface area (Å²) in [6.07, 6.45) is 0.834. The third-order valence-electron chi connectivity index (χ3n) is 4.05. The van der Waals surface area contributed by atoms with Gasteiger partial charge >= 0.3 is 5.97 Å². The van der Waals surface area contributed by atoms with Crippen LogP contribution in [0.5, 0.6) is 5.75 Å². The highest BCUT2D eigenvalue weighted by Crippen LogP contribution is 2.23. The van der Waals surface area contributed by atoms with E-state index >= 15 is 0 Å². The van der Waals surface area contributed by atoms with Crippen LogP contribution in [0.3, 0.4) is 0 Å². The summed E-state index contributed by atoms with van der Waals surface area (Å²) in [6, 6.07) is 5.17. The number of carbonyl (C=O) groups excluding carboxylic acids is 2. The second-order valence-electron chi connectivity index (χ2n) is 5.75. The number of hydrogen-bond donors (Lipinski definition) is 3. The first-order valence-electron chi connectivity index (χ1n) is 7.97. The highest BCUT2D eigenvalue weighted by molar-refractivity contribution is 6.04. The van der Waals surface area contributed by atoms with Crippen LogP contribution in [0, 0.1) is 6.92 Å². The zero-order valence-electron chi connectivity index (χ0n) is 14.1. The molecule has 3 N–H and O–H groups in total. The van der Waals surface area contributed by atoms with Crippen molar-refractivity contribution in [3.63, 3.8) is 0 Å². The number of carbonyl (C=O) groups is 2. The molecule has 0 bridgehead atoms. The number of nitrogens with zero attached hydrogens (tertiary/aromatic N) is 1. The second kappa shape index (κ2) is 7.35. The first kappa shape index (κ1) is 17.0. The van der Waals surface area contributed by atoms with Gasteiger partial charge in [-0.3, -0.25) is 9.89 Å². The van der Waals surface area contributed by atoms with Crippen LogP contribution in [0.25, 0.3) is 0 Å². The van der Waals surface area contributed by atoms with E-state index in [1.807, 2.05) is 6.92 Å². The standard InChI is InChI=1S/C17H20N4O4/c1-10-7-11(25-9-15(22)24-2)3-4-13(10)19-17(23)16-12-8-18-6-5-14(12)20-21-16/h3-4,7,18H,5-6,8-9H2,1-2H3,(H,19,23)(H,20,21). The van der Waals surface area contributed by atoms with Crippen LogP contribution in [-0.2, 0) is 22.5 Å². The SMILES string of the molecule is COC(=O)COc1ccc(NC(=O)c2n[nH]c3c2CNCC3)c(C)c1. The summed E-state index contributed by atoms with van der Waals surface area (Å²) < 4.78 is 9.86. The fraction of sp³-hybridized carbons (Fsp3) is 0.353. The molecular formula is C17H20N4O4. The molecule has 1 aromatic carbocycles. The van der Waals surface area contributed by atoms with Gasteiger partial charge in [0.2, 0.25) is 0 Å². The summed E-state index contributed by atoms with van der Waals surface area (Å²) in [5.74, 6) is -0.179. The Morgan fingerprint density at radius 2 is 2.20 bits per heavy atom. The van der Waals surface area contributed by atoms with Crippen LogP contribution < -0.4 is 15.4 Å². The van der Waals surface area contributed by atoms with Crippen molar-refractivity contribution in [2.45, 2.75) is 19.9 Å². The van der Waals surface area contributed by atoms with E-state index in [2.05, 4.69) is 25.6 Å². The van der Waals surface area contributed by atoms with Gasteiger partial charge in [-0.15, -0.1) is 0 Å². The van der Waals surface area contributed by atoms with Gasteiger partial charge in [0.05, 0.1) is 7.11 Å². The Kier molecular flexibility index (Phi) is 4.99. The molecule has 1 aliphatic heterocycles. The highest BCUT2D eigenvalue weighted by atomic mass is 16.6. The lowest BCUT2D eigenvalue weighted by Crippen LogP contribution is -2.25. The molecule has 2 aromatic rings. The number of rotatable bonds is 5. The minimum atomic E-state index is -0.452. The first-order valence-corrected chi connectivity index (χ1v) is 7.97. The number of hydrogen-bond acceptors (Lipinski definition) is 6. The first-order chi connectivity index (χ1) is 12.1. The monoisotopic (exact) mass is 344 g/mol. The minimum absolute atomic E-state index is 0.159. The maximum absolute atomic E-state index is 12.5. The Balaban J connectivity index is 1.69. The van der Waals surface area contributed by atoms with Crippen molar-refractivity contribution in [3.8, 4) is 5.75 Å². The van der Waals surface area contributed by atoms with E-state index in [0.717, 1.165) is 29.8 Å². The Labute approximate surface area is 144 Å². The molecule has 8 heteroatoms. The molecule has 2 heterocycles. The van der Waals surface area contributed by atoms with Crippen LogP contribution in [-0.4, -0.2) is 42.3 Å². The summed E-state index contributed by atoms with van der Waals surface area (Å²) in [6.45, 7) is 3.20. The number of esters is 1. The Bertz CT molecular complexity index is 800. The number of benzene rings is 1. The molecule has 0 spiro atoms. The zero-order chi connectivity index (χ0) is 17.8. The van der Waals surface area contributed by atoms with Gasteiger partial charge in [0.1, 0.15) is 5.75 Å². The number of nitrogens with one attached hydrogen (secondary N) is 3. The second-order valence-corrected chi connectivity index (χ2v) is 5.75. The Morgan fingerprint density at radius 1 is 1.36 bits per heavy atom. The predicted molar refractivity (Wildman–Crippen MR) is 90.6 cm³/mol. The number of amides is 1. The number of methoxy groups -OCH3 is 1. The molecule has 3 rings (SSSR count). The van der Waals surface area contributed by atoms with Crippen LogP contribution in [0.2, 0.25) is 0 Å². The number of fused-ring (bicyclic) bond motifs is 1. The van der Waals surface area contributed by atoms with Gasteiger partial charge < -0.3 is 20.1 Å². The molecular weight excluding hydrogens is 324 g/mol. The lowest BCUT2D eigenvalue weighted by Gasteiger charge is -2.14. The van der Waals surface area contributed by atoms with Gasteiger partial charge in [-0.05, 0) is 30.7 Å². The maximum Gasteiger partial charge on any atom is 0.343 e. The average molecular weight is 344 g/mol. The molecule has 8 nitrogen and oxygen atoms in total. The van der Waals surface area contributed by atoms with Crippen molar-refractivity contribution in [1.29, 1.82) is 0 Å². The minimum Gasteiger partial charge on any atom is -0.482 e. The maximum atomic E-state index is 12.5. The molecule has 132 valence electrons. The normalized spacial score (nSPS) is 13.0. The van der Waals surface area contributed by atoms with Crippen molar-refractivity contribution in [3.05, 3.63) is 40.7 Å². The lowest BCUT2D eigenvalue weighted by atomic mass is 10.1. The molecule has 0 fully saturated rings. The van der Waals surface area contributed by atoms with Gasteiger partial charge in [0.25, 0.3) is 5.91 Å². The smallest absolute Gasteiger partial charge is 0.343 e. The molecule has 1 aliphatic rings. The number of H-pyrrole nitrogens is 1. The highest BCUT2D eigenvalue weighted by Gasteiger charge is 2.22. The fourth-order valence-corrected chi connectivity index (χ4v) is 2.66. The summed E-state index contributed by atoms with van der Waals surface area (Å²) >= 11 is 0. The van der Waals surface area contributed by atoms with Crippen molar-refractivity contribution in [1.82, 2.24) is 15.5 Å². The third kappa shape index (κ3) is 3.80. The fourth-order valence-electron chi connectivity index (χ4n) is 2.66. The van der Waals surface area contributed by atoms with E-state index in [-0.39, 0.29) is 12.5 Å². The Morgan fingerprint density at radius 3 is 2.96 bits per heavy atom. The summed E-state index contributed by atoms with van der Waals surface area (Å²) in [4.78, 5) is 23.6.